The molecule has 0 fully saturated rings. The Hall–Kier alpha value is -2.87. The van der Waals surface area contributed by atoms with Gasteiger partial charge in [0.1, 0.15) is 0 Å². The maximum absolute atomic E-state index is 12.3. The van der Waals surface area contributed by atoms with Crippen LogP contribution in [0.1, 0.15) is 29.2 Å². The fourth-order valence-electron chi connectivity index (χ4n) is 2.84. The minimum Gasteiger partial charge on any atom is -0.455 e. The van der Waals surface area contributed by atoms with Crippen LogP contribution in [0.2, 0.25) is 0 Å². The molecule has 7 nitrogen and oxygen atoms in total. The number of primary amides is 1. The second kappa shape index (κ2) is 10.6. The largest absolute Gasteiger partial charge is 0.455 e. The number of halogens is 1. The predicted octanol–water partition coefficient (Wildman–Crippen LogP) is 3.06. The maximum Gasteiger partial charge on any atom is 0.312 e. The standard InChI is InChI=1S/C21H24BrN3O4/c1-14-7-3-5-9-16(14)18(24-21(23)28)11-20(27)29-13-19(26)25(2)12-15-8-4-6-10-17(15)22/h3-10,18H,11-13H2,1-2H3,(H3,23,24,28). The molecule has 1 unspecified atom stereocenters. The summed E-state index contributed by atoms with van der Waals surface area (Å²) in [6.07, 6.45) is -0.130. The van der Waals surface area contributed by atoms with Crippen LogP contribution in [0.15, 0.2) is 53.0 Å². The van der Waals surface area contributed by atoms with Crippen LogP contribution in [0.25, 0.3) is 0 Å². The van der Waals surface area contributed by atoms with Gasteiger partial charge in [0, 0.05) is 18.1 Å². The number of nitrogens with zero attached hydrogens (tertiary/aromatic N) is 1. The van der Waals surface area contributed by atoms with Gasteiger partial charge in [0.25, 0.3) is 5.91 Å². The molecule has 0 saturated heterocycles. The Morgan fingerprint density at radius 3 is 2.45 bits per heavy atom. The van der Waals surface area contributed by atoms with Crippen molar-refractivity contribution in [1.82, 2.24) is 10.2 Å². The summed E-state index contributed by atoms with van der Waals surface area (Å²) in [7, 11) is 1.64. The number of benzene rings is 2. The number of carbonyl (C=O) groups excluding carboxylic acids is 3. The van der Waals surface area contributed by atoms with Gasteiger partial charge in [-0.15, -0.1) is 0 Å². The predicted molar refractivity (Wildman–Crippen MR) is 113 cm³/mol. The van der Waals surface area contributed by atoms with E-state index in [1.54, 1.807) is 13.1 Å². The minimum absolute atomic E-state index is 0.130. The lowest BCUT2D eigenvalue weighted by Gasteiger charge is -2.20. The fraction of sp³-hybridized carbons (Fsp3) is 0.286. The van der Waals surface area contributed by atoms with Crippen LogP contribution < -0.4 is 11.1 Å². The summed E-state index contributed by atoms with van der Waals surface area (Å²) in [5.74, 6) is -0.931. The van der Waals surface area contributed by atoms with Crippen LogP contribution in [0.5, 0.6) is 0 Å². The zero-order valence-corrected chi connectivity index (χ0v) is 17.9. The van der Waals surface area contributed by atoms with E-state index in [1.165, 1.54) is 4.90 Å². The summed E-state index contributed by atoms with van der Waals surface area (Å²) >= 11 is 3.44. The summed E-state index contributed by atoms with van der Waals surface area (Å²) in [5, 5.41) is 2.55. The lowest BCUT2D eigenvalue weighted by atomic mass is 9.99. The fourth-order valence-corrected chi connectivity index (χ4v) is 3.25. The molecule has 0 aliphatic carbocycles. The van der Waals surface area contributed by atoms with E-state index < -0.39 is 18.0 Å². The van der Waals surface area contributed by atoms with Crippen molar-refractivity contribution in [3.63, 3.8) is 0 Å². The van der Waals surface area contributed by atoms with Crippen LogP contribution in [0.3, 0.4) is 0 Å². The third kappa shape index (κ3) is 6.90. The van der Waals surface area contributed by atoms with E-state index in [-0.39, 0.29) is 18.9 Å². The number of amides is 3. The highest BCUT2D eigenvalue weighted by molar-refractivity contribution is 9.10. The molecule has 0 heterocycles. The highest BCUT2D eigenvalue weighted by Crippen LogP contribution is 2.21. The van der Waals surface area contributed by atoms with Crippen molar-refractivity contribution in [3.8, 4) is 0 Å². The first-order valence-corrected chi connectivity index (χ1v) is 9.81. The van der Waals surface area contributed by atoms with Crippen molar-refractivity contribution < 1.29 is 19.1 Å². The van der Waals surface area contributed by atoms with Crippen LogP contribution in [-0.4, -0.2) is 36.5 Å². The van der Waals surface area contributed by atoms with E-state index in [4.69, 9.17) is 10.5 Å². The number of aryl methyl sites for hydroxylation is 1. The molecule has 2 aromatic rings. The molecular formula is C21H24BrN3O4. The first kappa shape index (κ1) is 22.4. The second-order valence-corrected chi connectivity index (χ2v) is 7.48. The number of hydrogen-bond acceptors (Lipinski definition) is 4. The van der Waals surface area contributed by atoms with Gasteiger partial charge in [0.05, 0.1) is 12.5 Å². The lowest BCUT2D eigenvalue weighted by molar-refractivity contribution is -0.152. The monoisotopic (exact) mass is 461 g/mol. The van der Waals surface area contributed by atoms with E-state index in [9.17, 15) is 14.4 Å². The van der Waals surface area contributed by atoms with E-state index in [0.29, 0.717) is 6.54 Å². The highest BCUT2D eigenvalue weighted by atomic mass is 79.9. The SMILES string of the molecule is Cc1ccccc1C(CC(=O)OCC(=O)N(C)Cc1ccccc1Br)NC(N)=O. The van der Waals surface area contributed by atoms with Crippen molar-refractivity contribution >= 4 is 33.8 Å². The van der Waals surface area contributed by atoms with Crippen LogP contribution >= 0.6 is 15.9 Å². The van der Waals surface area contributed by atoms with Gasteiger partial charge in [-0.3, -0.25) is 9.59 Å². The average Bonchev–Trinajstić information content (AvgIpc) is 2.67. The second-order valence-electron chi connectivity index (χ2n) is 6.62. The highest BCUT2D eigenvalue weighted by Gasteiger charge is 2.21. The number of likely N-dealkylation sites (N-methyl/N-ethyl adjacent to an activating group) is 1. The first-order valence-electron chi connectivity index (χ1n) is 9.02. The number of urea groups is 1. The third-order valence-corrected chi connectivity index (χ3v) is 5.17. The number of nitrogens with one attached hydrogen (secondary N) is 1. The molecular weight excluding hydrogens is 438 g/mol. The van der Waals surface area contributed by atoms with Gasteiger partial charge in [0.2, 0.25) is 0 Å². The molecule has 29 heavy (non-hydrogen) atoms. The number of rotatable bonds is 8. The molecule has 0 bridgehead atoms. The molecule has 0 saturated carbocycles. The van der Waals surface area contributed by atoms with E-state index in [1.807, 2.05) is 49.4 Å². The maximum atomic E-state index is 12.3. The van der Waals surface area contributed by atoms with Gasteiger partial charge in [-0.2, -0.15) is 0 Å². The lowest BCUT2D eigenvalue weighted by Crippen LogP contribution is -2.36. The Morgan fingerprint density at radius 2 is 1.79 bits per heavy atom. The molecule has 1 atom stereocenters. The van der Waals surface area contributed by atoms with E-state index >= 15 is 0 Å². The number of carbonyl (C=O) groups is 3. The zero-order valence-electron chi connectivity index (χ0n) is 16.4. The molecule has 0 aliphatic rings. The molecule has 3 amide bonds. The first-order chi connectivity index (χ1) is 13.8. The normalized spacial score (nSPS) is 11.4. The number of nitrogens with two attached hydrogens (primary N) is 1. The summed E-state index contributed by atoms with van der Waals surface area (Å²) in [5.41, 5.74) is 7.85. The van der Waals surface area contributed by atoms with E-state index in [0.717, 1.165) is 21.2 Å². The Labute approximate surface area is 178 Å². The average molecular weight is 462 g/mol. The Bertz CT molecular complexity index is 888. The summed E-state index contributed by atoms with van der Waals surface area (Å²) in [4.78, 5) is 37.4. The summed E-state index contributed by atoms with van der Waals surface area (Å²) < 4.78 is 6.03. The molecule has 0 spiro atoms. The van der Waals surface area contributed by atoms with Crippen molar-refractivity contribution in [2.75, 3.05) is 13.7 Å². The molecule has 0 aromatic heterocycles. The van der Waals surface area contributed by atoms with Crippen molar-refractivity contribution in [1.29, 1.82) is 0 Å². The molecule has 0 radical (unpaired) electrons. The smallest absolute Gasteiger partial charge is 0.312 e. The van der Waals surface area contributed by atoms with Gasteiger partial charge in [0.15, 0.2) is 6.61 Å². The molecule has 8 heteroatoms. The van der Waals surface area contributed by atoms with Gasteiger partial charge < -0.3 is 20.7 Å². The number of esters is 1. The van der Waals surface area contributed by atoms with Crippen molar-refractivity contribution in [2.24, 2.45) is 5.73 Å². The van der Waals surface area contributed by atoms with Gasteiger partial charge in [-0.25, -0.2) is 4.79 Å². The molecule has 0 aliphatic heterocycles. The quantitative estimate of drug-likeness (QED) is 0.589. The van der Waals surface area contributed by atoms with Gasteiger partial charge in [-0.05, 0) is 29.7 Å². The Morgan fingerprint density at radius 1 is 1.14 bits per heavy atom. The Balaban J connectivity index is 1.92. The van der Waals surface area contributed by atoms with Crippen LogP contribution in [0.4, 0.5) is 4.79 Å². The molecule has 3 N–H and O–H groups in total. The van der Waals surface area contributed by atoms with Crippen LogP contribution in [-0.2, 0) is 20.9 Å². The summed E-state index contributed by atoms with van der Waals surface area (Å²) in [6, 6.07) is 13.5. The van der Waals surface area contributed by atoms with Gasteiger partial charge in [-0.1, -0.05) is 58.4 Å². The third-order valence-electron chi connectivity index (χ3n) is 4.40. The van der Waals surface area contributed by atoms with Crippen LogP contribution in [0, 0.1) is 6.92 Å². The minimum atomic E-state index is -0.740. The molecule has 2 aromatic carbocycles. The summed E-state index contributed by atoms with van der Waals surface area (Å²) in [6.45, 7) is 1.88. The molecule has 154 valence electrons. The Kier molecular flexibility index (Phi) is 8.21. The van der Waals surface area contributed by atoms with Crippen molar-refractivity contribution in [3.05, 3.63) is 69.7 Å². The van der Waals surface area contributed by atoms with Crippen molar-refractivity contribution in [2.45, 2.75) is 25.9 Å². The topological polar surface area (TPSA) is 102 Å². The number of ether oxygens (including phenoxy) is 1. The van der Waals surface area contributed by atoms with Gasteiger partial charge >= 0.3 is 12.0 Å². The number of hydrogen-bond donors (Lipinski definition) is 2. The van der Waals surface area contributed by atoms with E-state index in [2.05, 4.69) is 21.2 Å². The zero-order chi connectivity index (χ0) is 21.4. The molecule has 2 rings (SSSR count).